The summed E-state index contributed by atoms with van der Waals surface area (Å²) in [6, 6.07) is 25.2. The Labute approximate surface area is 157 Å². The topological polar surface area (TPSA) is 98.7 Å². The van der Waals surface area contributed by atoms with E-state index in [0.717, 1.165) is 0 Å². The zero-order chi connectivity index (χ0) is 18.8. The predicted octanol–water partition coefficient (Wildman–Crippen LogP) is 4.23. The van der Waals surface area contributed by atoms with Gasteiger partial charge in [-0.15, -0.1) is 0 Å². The van der Waals surface area contributed by atoms with Crippen LogP contribution >= 0.6 is 0 Å². The first kappa shape index (κ1) is 21.3. The number of Topliss-reactive ketones (excluding diaryl/α,β-unsaturated/α-hetero) is 1. The highest BCUT2D eigenvalue weighted by atomic mass is 16.5. The van der Waals surface area contributed by atoms with Crippen LogP contribution in [0.2, 0.25) is 0 Å². The lowest BCUT2D eigenvalue weighted by Gasteiger charge is -2.11. The van der Waals surface area contributed by atoms with Crippen LogP contribution < -0.4 is 4.74 Å². The molecule has 0 aromatic heterocycles. The number of para-hydroxylation sites is 2. The fourth-order valence-electron chi connectivity index (χ4n) is 2.16. The maximum atomic E-state index is 11.5. The van der Waals surface area contributed by atoms with Crippen molar-refractivity contribution >= 4 is 12.1 Å². The Hall–Kier alpha value is -3.75. The van der Waals surface area contributed by atoms with Crippen LogP contribution in [0.3, 0.4) is 0 Å². The average molecular weight is 361 g/mol. The van der Waals surface area contributed by atoms with E-state index in [0.29, 0.717) is 34.5 Å². The van der Waals surface area contributed by atoms with Crippen LogP contribution in [-0.2, 0) is 0 Å². The Morgan fingerprint density at radius 2 is 1.52 bits per heavy atom. The number of hydrogen-bond donors (Lipinski definition) is 0. The minimum atomic E-state index is -0.135. The van der Waals surface area contributed by atoms with Crippen molar-refractivity contribution in [2.75, 3.05) is 0 Å². The summed E-state index contributed by atoms with van der Waals surface area (Å²) in [5.74, 6) is 0.769. The maximum absolute atomic E-state index is 11.5. The van der Waals surface area contributed by atoms with Gasteiger partial charge in [0, 0.05) is 0 Å². The van der Waals surface area contributed by atoms with Crippen molar-refractivity contribution in [1.82, 2.24) is 0 Å². The summed E-state index contributed by atoms with van der Waals surface area (Å²) >= 11 is 0. The molecular formula is C22H19NO4. The molecule has 0 amide bonds. The lowest BCUT2D eigenvalue weighted by atomic mass is 10.1. The zero-order valence-corrected chi connectivity index (χ0v) is 14.8. The van der Waals surface area contributed by atoms with Gasteiger partial charge in [-0.2, -0.15) is 5.26 Å². The van der Waals surface area contributed by atoms with E-state index in [1.54, 1.807) is 42.5 Å². The molecule has 0 saturated heterocycles. The standard InChI is InChI=1S/C15H12O3.C7H5N.H2O/c1-11(17)14-9-5-6-12(10-16)15(14)18-13-7-3-2-4-8-13;8-6-7-4-2-1-3-5-7;/h2-10H,1H3;1-5H;1H2. The van der Waals surface area contributed by atoms with Crippen molar-refractivity contribution in [3.05, 3.63) is 95.6 Å². The van der Waals surface area contributed by atoms with E-state index in [1.165, 1.54) is 6.92 Å². The second-order valence-corrected chi connectivity index (χ2v) is 5.29. The Balaban J connectivity index is 0.000000342. The summed E-state index contributed by atoms with van der Waals surface area (Å²) in [5, 5.41) is 8.29. The molecule has 5 nitrogen and oxygen atoms in total. The average Bonchev–Trinajstić information content (AvgIpc) is 2.70. The number of carbonyl (C=O) groups excluding carboxylic acids is 2. The Morgan fingerprint density at radius 3 is 2.00 bits per heavy atom. The molecule has 0 aliphatic carbocycles. The fraction of sp³-hybridized carbons (Fsp3) is 0.0455. The third kappa shape index (κ3) is 6.24. The van der Waals surface area contributed by atoms with Gasteiger partial charge in [0.15, 0.2) is 12.1 Å². The quantitative estimate of drug-likeness (QED) is 0.513. The van der Waals surface area contributed by atoms with Gasteiger partial charge < -0.3 is 10.2 Å². The van der Waals surface area contributed by atoms with Crippen LogP contribution in [0.1, 0.15) is 33.2 Å². The second kappa shape index (κ2) is 11.0. The van der Waals surface area contributed by atoms with Gasteiger partial charge in [0.25, 0.3) is 0 Å². The van der Waals surface area contributed by atoms with Gasteiger partial charge in [-0.25, -0.2) is 0 Å². The Morgan fingerprint density at radius 1 is 0.926 bits per heavy atom. The first-order chi connectivity index (χ1) is 12.7. The molecule has 0 spiro atoms. The molecule has 0 aliphatic rings. The molecule has 3 aromatic rings. The smallest absolute Gasteiger partial charge is 0.163 e. The number of hydrogen-bond acceptors (Lipinski definition) is 4. The molecule has 3 rings (SSSR count). The van der Waals surface area contributed by atoms with Crippen molar-refractivity contribution in [3.8, 4) is 17.6 Å². The van der Waals surface area contributed by atoms with Gasteiger partial charge in [0.2, 0.25) is 0 Å². The highest BCUT2D eigenvalue weighted by Gasteiger charge is 2.13. The van der Waals surface area contributed by atoms with Gasteiger partial charge in [0.1, 0.15) is 11.5 Å². The van der Waals surface area contributed by atoms with Gasteiger partial charge in [-0.3, -0.25) is 9.59 Å². The molecule has 0 atom stereocenters. The van der Waals surface area contributed by atoms with Crippen molar-refractivity contribution < 1.29 is 19.8 Å². The molecule has 27 heavy (non-hydrogen) atoms. The monoisotopic (exact) mass is 361 g/mol. The molecule has 0 bridgehead atoms. The molecule has 0 fully saturated rings. The molecule has 0 radical (unpaired) electrons. The van der Waals surface area contributed by atoms with Gasteiger partial charge in [0.05, 0.1) is 22.8 Å². The van der Waals surface area contributed by atoms with E-state index in [9.17, 15) is 9.59 Å². The molecule has 0 saturated carbocycles. The number of nitriles is 1. The van der Waals surface area contributed by atoms with Crippen LogP contribution in [0.4, 0.5) is 0 Å². The zero-order valence-electron chi connectivity index (χ0n) is 14.8. The lowest BCUT2D eigenvalue weighted by molar-refractivity contribution is 0.101. The van der Waals surface area contributed by atoms with E-state index in [-0.39, 0.29) is 11.3 Å². The van der Waals surface area contributed by atoms with Crippen LogP contribution in [-0.4, -0.2) is 17.5 Å². The largest absolute Gasteiger partial charge is 0.456 e. The summed E-state index contributed by atoms with van der Waals surface area (Å²) in [5.41, 5.74) is 1.49. The normalized spacial score (nSPS) is 8.89. The molecule has 0 heterocycles. The summed E-state index contributed by atoms with van der Waals surface area (Å²) in [7, 11) is 0. The highest BCUT2D eigenvalue weighted by molar-refractivity contribution is 5.99. The number of rotatable bonds is 4. The van der Waals surface area contributed by atoms with E-state index in [1.807, 2.05) is 42.5 Å². The fourth-order valence-corrected chi connectivity index (χ4v) is 2.16. The van der Waals surface area contributed by atoms with Crippen LogP contribution in [0.15, 0.2) is 78.9 Å². The van der Waals surface area contributed by atoms with E-state index in [4.69, 9.17) is 10.00 Å². The number of ketones is 1. The second-order valence-electron chi connectivity index (χ2n) is 5.29. The predicted molar refractivity (Wildman–Crippen MR) is 103 cm³/mol. The summed E-state index contributed by atoms with van der Waals surface area (Å²) in [6.07, 6.45) is 0.685. The number of carbonyl (C=O) groups is 2. The molecule has 0 aliphatic heterocycles. The lowest BCUT2D eigenvalue weighted by Crippen LogP contribution is -2.00. The van der Waals surface area contributed by atoms with Crippen molar-refractivity contribution in [1.29, 1.82) is 5.26 Å². The van der Waals surface area contributed by atoms with Gasteiger partial charge >= 0.3 is 0 Å². The number of ether oxygens (including phenoxy) is 1. The molecule has 3 aromatic carbocycles. The third-order valence-electron chi connectivity index (χ3n) is 3.42. The third-order valence-corrected chi connectivity index (χ3v) is 3.42. The summed E-state index contributed by atoms with van der Waals surface area (Å²) in [6.45, 7) is 1.45. The molecule has 136 valence electrons. The summed E-state index contributed by atoms with van der Waals surface area (Å²) in [4.78, 5) is 22.5. The first-order valence-corrected chi connectivity index (χ1v) is 7.93. The number of nitrogens with zero attached hydrogens (tertiary/aromatic N) is 1. The van der Waals surface area contributed by atoms with Gasteiger partial charge in [-0.1, -0.05) is 42.5 Å². The van der Waals surface area contributed by atoms with Crippen LogP contribution in [0, 0.1) is 11.3 Å². The molecule has 5 heteroatoms. The van der Waals surface area contributed by atoms with E-state index in [2.05, 4.69) is 0 Å². The van der Waals surface area contributed by atoms with Crippen LogP contribution in [0.25, 0.3) is 0 Å². The van der Waals surface area contributed by atoms with E-state index >= 15 is 0 Å². The SMILES string of the molecule is CC(=O)c1cccc(C=O)c1Oc1ccccc1.N#Cc1ccccc1.O. The highest BCUT2D eigenvalue weighted by Crippen LogP contribution is 2.28. The summed E-state index contributed by atoms with van der Waals surface area (Å²) < 4.78 is 5.64. The number of benzene rings is 3. The minimum absolute atomic E-state index is 0. The maximum Gasteiger partial charge on any atom is 0.163 e. The van der Waals surface area contributed by atoms with Gasteiger partial charge in [-0.05, 0) is 43.3 Å². The van der Waals surface area contributed by atoms with Crippen molar-refractivity contribution in [3.63, 3.8) is 0 Å². The molecule has 0 unspecified atom stereocenters. The van der Waals surface area contributed by atoms with E-state index < -0.39 is 0 Å². The first-order valence-electron chi connectivity index (χ1n) is 7.93. The molecular weight excluding hydrogens is 342 g/mol. The minimum Gasteiger partial charge on any atom is -0.456 e. The van der Waals surface area contributed by atoms with Crippen molar-refractivity contribution in [2.24, 2.45) is 0 Å². The van der Waals surface area contributed by atoms with Crippen molar-refractivity contribution in [2.45, 2.75) is 6.92 Å². The van der Waals surface area contributed by atoms with Crippen LogP contribution in [0.5, 0.6) is 11.5 Å². The Bertz CT molecular complexity index is 916. The molecule has 2 N–H and O–H groups in total. The Kier molecular flexibility index (Phi) is 8.66. The number of aldehydes is 1.